The van der Waals surface area contributed by atoms with Gasteiger partial charge in [-0.3, -0.25) is 4.90 Å². The van der Waals surface area contributed by atoms with E-state index in [-0.39, 0.29) is 12.1 Å². The van der Waals surface area contributed by atoms with E-state index in [4.69, 9.17) is 10.5 Å². The first-order chi connectivity index (χ1) is 7.65. The lowest BCUT2D eigenvalue weighted by Gasteiger charge is -2.34. The Kier molecular flexibility index (Phi) is 4.38. The zero-order valence-corrected chi connectivity index (χ0v) is 11.8. The third-order valence-corrected chi connectivity index (χ3v) is 4.38. The van der Waals surface area contributed by atoms with Crippen molar-refractivity contribution in [3.8, 4) is 0 Å². The zero-order chi connectivity index (χ0) is 11.5. The van der Waals surface area contributed by atoms with E-state index >= 15 is 0 Å². The molecule has 0 radical (unpaired) electrons. The number of ether oxygens (including phenoxy) is 1. The standard InChI is InChI=1S/C11H17BrN2OS/c1-8(13)10-7-14(4-5-15-10)6-9-2-3-11(12)16-9/h2-3,8,10H,4-7,13H2,1H3/t8-,10-/m0/s1. The van der Waals surface area contributed by atoms with E-state index < -0.39 is 0 Å². The zero-order valence-electron chi connectivity index (χ0n) is 9.36. The van der Waals surface area contributed by atoms with E-state index in [0.717, 1.165) is 26.2 Å². The third-order valence-electron chi connectivity index (χ3n) is 2.77. The lowest BCUT2D eigenvalue weighted by Crippen LogP contribution is -2.49. The summed E-state index contributed by atoms with van der Waals surface area (Å²) in [6, 6.07) is 4.38. The van der Waals surface area contributed by atoms with Gasteiger partial charge in [0.15, 0.2) is 0 Å². The molecule has 0 spiro atoms. The Balaban J connectivity index is 1.90. The highest BCUT2D eigenvalue weighted by Gasteiger charge is 2.23. The maximum absolute atomic E-state index is 5.87. The molecule has 0 amide bonds. The van der Waals surface area contributed by atoms with Gasteiger partial charge in [0.05, 0.1) is 16.5 Å². The van der Waals surface area contributed by atoms with Crippen LogP contribution in [-0.4, -0.2) is 36.7 Å². The number of thiophene rings is 1. The van der Waals surface area contributed by atoms with E-state index in [1.54, 1.807) is 11.3 Å². The molecule has 5 heteroatoms. The van der Waals surface area contributed by atoms with Crippen LogP contribution in [0.3, 0.4) is 0 Å². The van der Waals surface area contributed by atoms with Crippen molar-refractivity contribution >= 4 is 27.3 Å². The van der Waals surface area contributed by atoms with Gasteiger partial charge in [0.1, 0.15) is 0 Å². The lowest BCUT2D eigenvalue weighted by molar-refractivity contribution is -0.0400. The van der Waals surface area contributed by atoms with Crippen molar-refractivity contribution in [2.75, 3.05) is 19.7 Å². The van der Waals surface area contributed by atoms with E-state index in [9.17, 15) is 0 Å². The Labute approximate surface area is 109 Å². The van der Waals surface area contributed by atoms with Crippen molar-refractivity contribution in [3.63, 3.8) is 0 Å². The Morgan fingerprint density at radius 1 is 1.69 bits per heavy atom. The second-order valence-corrected chi connectivity index (χ2v) is 6.76. The highest BCUT2D eigenvalue weighted by Crippen LogP contribution is 2.24. The van der Waals surface area contributed by atoms with E-state index in [0.29, 0.717) is 0 Å². The second-order valence-electron chi connectivity index (χ2n) is 4.21. The maximum atomic E-state index is 5.87. The number of hydrogen-bond acceptors (Lipinski definition) is 4. The van der Waals surface area contributed by atoms with Gasteiger partial charge in [-0.2, -0.15) is 0 Å². The van der Waals surface area contributed by atoms with E-state index in [1.807, 2.05) is 6.92 Å². The Bertz CT molecular complexity index is 342. The van der Waals surface area contributed by atoms with Gasteiger partial charge in [-0.25, -0.2) is 0 Å². The monoisotopic (exact) mass is 304 g/mol. The number of nitrogens with two attached hydrogens (primary N) is 1. The molecule has 2 N–H and O–H groups in total. The molecule has 0 aromatic carbocycles. The van der Waals surface area contributed by atoms with E-state index in [2.05, 4.69) is 33.0 Å². The molecule has 90 valence electrons. The minimum Gasteiger partial charge on any atom is -0.374 e. The van der Waals surface area contributed by atoms with Crippen LogP contribution in [0.1, 0.15) is 11.8 Å². The average molecular weight is 305 g/mol. The normalized spacial score (nSPS) is 24.6. The average Bonchev–Trinajstić information content (AvgIpc) is 2.64. The fraction of sp³-hybridized carbons (Fsp3) is 0.636. The molecule has 2 atom stereocenters. The highest BCUT2D eigenvalue weighted by atomic mass is 79.9. The Hall–Kier alpha value is 0.0600. The summed E-state index contributed by atoms with van der Waals surface area (Å²) >= 11 is 5.28. The van der Waals surface area contributed by atoms with E-state index in [1.165, 1.54) is 8.66 Å². The summed E-state index contributed by atoms with van der Waals surface area (Å²) in [5, 5.41) is 0. The Morgan fingerprint density at radius 3 is 3.12 bits per heavy atom. The quantitative estimate of drug-likeness (QED) is 0.929. The van der Waals surface area contributed by atoms with Crippen LogP contribution < -0.4 is 5.73 Å². The first-order valence-electron chi connectivity index (χ1n) is 5.49. The molecule has 0 saturated carbocycles. The lowest BCUT2D eigenvalue weighted by atomic mass is 10.1. The fourth-order valence-electron chi connectivity index (χ4n) is 1.85. The van der Waals surface area contributed by atoms with Crippen LogP contribution >= 0.6 is 27.3 Å². The summed E-state index contributed by atoms with van der Waals surface area (Å²) in [4.78, 5) is 3.80. The molecular formula is C11H17BrN2OS. The van der Waals surface area contributed by atoms with Crippen LogP contribution in [0.4, 0.5) is 0 Å². The van der Waals surface area contributed by atoms with Crippen molar-refractivity contribution in [2.24, 2.45) is 5.73 Å². The summed E-state index contributed by atoms with van der Waals surface area (Å²) in [7, 11) is 0. The molecule has 1 fully saturated rings. The fourth-order valence-corrected chi connectivity index (χ4v) is 3.38. The van der Waals surface area contributed by atoms with Crippen LogP contribution in [0.25, 0.3) is 0 Å². The molecule has 0 aliphatic carbocycles. The van der Waals surface area contributed by atoms with Crippen molar-refractivity contribution < 1.29 is 4.74 Å². The van der Waals surface area contributed by atoms with Gasteiger partial charge in [0.25, 0.3) is 0 Å². The van der Waals surface area contributed by atoms with Crippen LogP contribution in [0, 0.1) is 0 Å². The smallest absolute Gasteiger partial charge is 0.0850 e. The van der Waals surface area contributed by atoms with Crippen LogP contribution in [-0.2, 0) is 11.3 Å². The maximum Gasteiger partial charge on any atom is 0.0850 e. The molecule has 1 saturated heterocycles. The molecule has 0 bridgehead atoms. The van der Waals surface area contributed by atoms with Crippen molar-refractivity contribution in [3.05, 3.63) is 20.8 Å². The highest BCUT2D eigenvalue weighted by molar-refractivity contribution is 9.11. The first kappa shape index (κ1) is 12.5. The predicted octanol–water partition coefficient (Wildman–Crippen LogP) is 2.06. The molecule has 1 aromatic heterocycles. The third kappa shape index (κ3) is 3.28. The van der Waals surface area contributed by atoms with Crippen molar-refractivity contribution in [1.29, 1.82) is 0 Å². The molecule has 1 aromatic rings. The Morgan fingerprint density at radius 2 is 2.50 bits per heavy atom. The van der Waals surface area contributed by atoms with Crippen LogP contribution in [0.5, 0.6) is 0 Å². The number of rotatable bonds is 3. The summed E-state index contributed by atoms with van der Waals surface area (Å²) in [6.45, 7) is 5.74. The van der Waals surface area contributed by atoms with Gasteiger partial charge in [0.2, 0.25) is 0 Å². The minimum absolute atomic E-state index is 0.109. The number of hydrogen-bond donors (Lipinski definition) is 1. The second kappa shape index (κ2) is 5.60. The number of morpholine rings is 1. The predicted molar refractivity (Wildman–Crippen MR) is 70.7 cm³/mol. The number of halogens is 1. The van der Waals surface area contributed by atoms with Gasteiger partial charge in [0, 0.05) is 30.6 Å². The van der Waals surface area contributed by atoms with Gasteiger partial charge >= 0.3 is 0 Å². The summed E-state index contributed by atoms with van der Waals surface area (Å²) in [5.74, 6) is 0. The molecule has 3 nitrogen and oxygen atoms in total. The van der Waals surface area contributed by atoms with Gasteiger partial charge in [-0.1, -0.05) is 0 Å². The molecule has 16 heavy (non-hydrogen) atoms. The van der Waals surface area contributed by atoms with Crippen LogP contribution in [0.2, 0.25) is 0 Å². The first-order valence-corrected chi connectivity index (χ1v) is 7.10. The molecule has 0 unspecified atom stereocenters. The topological polar surface area (TPSA) is 38.5 Å². The van der Waals surface area contributed by atoms with Gasteiger partial charge < -0.3 is 10.5 Å². The molecule has 2 rings (SSSR count). The SMILES string of the molecule is C[C@H](N)[C@@H]1CN(Cc2ccc(Br)s2)CCO1. The molecule has 2 heterocycles. The van der Waals surface area contributed by atoms with Gasteiger partial charge in [-0.05, 0) is 35.0 Å². The summed E-state index contributed by atoms with van der Waals surface area (Å²) in [6.07, 6.45) is 0.178. The summed E-state index contributed by atoms with van der Waals surface area (Å²) in [5.41, 5.74) is 5.87. The summed E-state index contributed by atoms with van der Waals surface area (Å²) < 4.78 is 6.83. The van der Waals surface area contributed by atoms with Crippen molar-refractivity contribution in [2.45, 2.75) is 25.6 Å². The van der Waals surface area contributed by atoms with Crippen LogP contribution in [0.15, 0.2) is 15.9 Å². The number of nitrogens with zero attached hydrogens (tertiary/aromatic N) is 1. The van der Waals surface area contributed by atoms with Gasteiger partial charge in [-0.15, -0.1) is 11.3 Å². The minimum atomic E-state index is 0.109. The molecule has 1 aliphatic heterocycles. The largest absolute Gasteiger partial charge is 0.374 e. The molecule has 1 aliphatic rings. The molecular weight excluding hydrogens is 288 g/mol. The van der Waals surface area contributed by atoms with Crippen molar-refractivity contribution in [1.82, 2.24) is 4.90 Å².